The lowest BCUT2D eigenvalue weighted by molar-refractivity contribution is 0.285. The third-order valence-corrected chi connectivity index (χ3v) is 5.14. The van der Waals surface area contributed by atoms with Crippen LogP contribution in [-0.4, -0.2) is 11.7 Å². The molecule has 0 aliphatic heterocycles. The Kier molecular flexibility index (Phi) is 6.54. The number of halogens is 3. The summed E-state index contributed by atoms with van der Waals surface area (Å²) in [6.45, 7) is 2.30. The van der Waals surface area contributed by atoms with Gasteiger partial charge < -0.3 is 14.6 Å². The summed E-state index contributed by atoms with van der Waals surface area (Å²) in [6, 6.07) is 20.3. The van der Waals surface area contributed by atoms with E-state index in [0.29, 0.717) is 34.6 Å². The summed E-state index contributed by atoms with van der Waals surface area (Å²) >= 11 is 0. The van der Waals surface area contributed by atoms with Gasteiger partial charge in [-0.2, -0.15) is 4.39 Å². The maximum Gasteiger partial charge on any atom is 0.201 e. The Labute approximate surface area is 189 Å². The summed E-state index contributed by atoms with van der Waals surface area (Å²) in [6.07, 6.45) is 0. The van der Waals surface area contributed by atoms with E-state index in [1.54, 1.807) is 36.4 Å². The first kappa shape index (κ1) is 22.3. The van der Waals surface area contributed by atoms with Gasteiger partial charge in [-0.25, -0.2) is 8.78 Å². The van der Waals surface area contributed by atoms with E-state index in [1.165, 1.54) is 42.5 Å². The van der Waals surface area contributed by atoms with E-state index in [1.807, 2.05) is 6.92 Å². The van der Waals surface area contributed by atoms with Crippen LogP contribution in [0.1, 0.15) is 12.5 Å². The van der Waals surface area contributed by atoms with Crippen LogP contribution in [0.4, 0.5) is 13.2 Å². The first-order chi connectivity index (χ1) is 16.0. The van der Waals surface area contributed by atoms with Gasteiger partial charge in [0.15, 0.2) is 11.6 Å². The summed E-state index contributed by atoms with van der Waals surface area (Å²) in [5.74, 6) is -2.22. The molecule has 0 aliphatic rings. The van der Waals surface area contributed by atoms with Crippen LogP contribution in [0, 0.1) is 17.5 Å². The van der Waals surface area contributed by atoms with Gasteiger partial charge in [-0.05, 0) is 60.0 Å². The smallest absolute Gasteiger partial charge is 0.201 e. The SMILES string of the molecule is CCOc1ccc(-c2ccc(COc3ccc(-c4ccc(O)cc4)c(F)c3F)cc2)c(F)c1. The van der Waals surface area contributed by atoms with Crippen LogP contribution < -0.4 is 9.47 Å². The molecule has 0 saturated heterocycles. The number of ether oxygens (including phenoxy) is 2. The zero-order valence-corrected chi connectivity index (χ0v) is 17.8. The fraction of sp³-hybridized carbons (Fsp3) is 0.111. The molecule has 0 radical (unpaired) electrons. The zero-order valence-electron chi connectivity index (χ0n) is 17.8. The van der Waals surface area contributed by atoms with Crippen LogP contribution in [0.3, 0.4) is 0 Å². The summed E-state index contributed by atoms with van der Waals surface area (Å²) in [5.41, 5.74) is 2.33. The van der Waals surface area contributed by atoms with Crippen molar-refractivity contribution in [3.8, 4) is 39.5 Å². The first-order valence-electron chi connectivity index (χ1n) is 10.4. The van der Waals surface area contributed by atoms with Crippen LogP contribution in [-0.2, 0) is 6.61 Å². The van der Waals surface area contributed by atoms with Gasteiger partial charge in [-0.15, -0.1) is 0 Å². The van der Waals surface area contributed by atoms with E-state index in [-0.39, 0.29) is 23.7 Å². The van der Waals surface area contributed by atoms with Gasteiger partial charge in [0.2, 0.25) is 5.82 Å². The standard InChI is InChI=1S/C27H21F3O3/c1-2-32-21-11-12-22(24(28)15-21)18-5-3-17(4-6-18)16-33-25-14-13-23(26(29)27(25)30)19-7-9-20(31)10-8-19/h3-15,31H,2,16H2,1H3. The molecule has 33 heavy (non-hydrogen) atoms. The summed E-state index contributed by atoms with van der Waals surface area (Å²) < 4.78 is 54.3. The van der Waals surface area contributed by atoms with Gasteiger partial charge in [0.05, 0.1) is 6.61 Å². The van der Waals surface area contributed by atoms with E-state index in [0.717, 1.165) is 0 Å². The summed E-state index contributed by atoms with van der Waals surface area (Å²) in [5, 5.41) is 9.36. The van der Waals surface area contributed by atoms with Crippen LogP contribution in [0.2, 0.25) is 0 Å². The molecule has 0 amide bonds. The van der Waals surface area contributed by atoms with Crippen molar-refractivity contribution in [2.45, 2.75) is 13.5 Å². The Hall–Kier alpha value is -3.93. The number of rotatable bonds is 7. The van der Waals surface area contributed by atoms with Crippen LogP contribution in [0.25, 0.3) is 22.3 Å². The average Bonchev–Trinajstić information content (AvgIpc) is 2.82. The molecule has 0 bridgehead atoms. The highest BCUT2D eigenvalue weighted by Gasteiger charge is 2.16. The third-order valence-electron chi connectivity index (χ3n) is 5.14. The normalized spacial score (nSPS) is 10.8. The van der Waals surface area contributed by atoms with E-state index >= 15 is 0 Å². The van der Waals surface area contributed by atoms with Crippen LogP contribution in [0.15, 0.2) is 78.9 Å². The van der Waals surface area contributed by atoms with E-state index < -0.39 is 17.5 Å². The average molecular weight is 450 g/mol. The number of phenolic OH excluding ortho intramolecular Hbond substituents is 1. The second-order valence-electron chi connectivity index (χ2n) is 7.35. The topological polar surface area (TPSA) is 38.7 Å². The highest BCUT2D eigenvalue weighted by atomic mass is 19.2. The molecule has 0 atom stereocenters. The Morgan fingerprint density at radius 2 is 1.33 bits per heavy atom. The predicted octanol–water partition coefficient (Wildman–Crippen LogP) is 7.12. The quantitative estimate of drug-likeness (QED) is 0.326. The van der Waals surface area contributed by atoms with Crippen molar-refractivity contribution < 1.29 is 27.8 Å². The monoisotopic (exact) mass is 450 g/mol. The first-order valence-corrected chi connectivity index (χ1v) is 10.4. The molecule has 0 spiro atoms. The number of hydrogen-bond acceptors (Lipinski definition) is 3. The van der Waals surface area contributed by atoms with Gasteiger partial charge in [0.25, 0.3) is 0 Å². The largest absolute Gasteiger partial charge is 0.508 e. The van der Waals surface area contributed by atoms with Gasteiger partial charge in [-0.3, -0.25) is 0 Å². The lowest BCUT2D eigenvalue weighted by Crippen LogP contribution is -2.00. The Bertz CT molecular complexity index is 1250. The molecular weight excluding hydrogens is 429 g/mol. The van der Waals surface area contributed by atoms with Crippen molar-refractivity contribution in [2.75, 3.05) is 6.61 Å². The maximum atomic E-state index is 14.6. The highest BCUT2D eigenvalue weighted by molar-refractivity contribution is 5.66. The molecule has 0 heterocycles. The molecular formula is C27H21F3O3. The summed E-state index contributed by atoms with van der Waals surface area (Å²) in [7, 11) is 0. The van der Waals surface area contributed by atoms with E-state index in [4.69, 9.17) is 9.47 Å². The van der Waals surface area contributed by atoms with Crippen molar-refractivity contribution in [2.24, 2.45) is 0 Å². The molecule has 4 aromatic rings. The molecule has 0 aliphatic carbocycles. The number of phenols is 1. The minimum atomic E-state index is -1.09. The number of benzene rings is 4. The van der Waals surface area contributed by atoms with Crippen molar-refractivity contribution in [1.29, 1.82) is 0 Å². The Morgan fingerprint density at radius 3 is 2.00 bits per heavy atom. The molecule has 4 rings (SSSR count). The van der Waals surface area contributed by atoms with Gasteiger partial charge >= 0.3 is 0 Å². The molecule has 0 fully saturated rings. The lowest BCUT2D eigenvalue weighted by atomic mass is 10.0. The molecule has 0 saturated carbocycles. The Balaban J connectivity index is 1.46. The molecule has 3 nitrogen and oxygen atoms in total. The van der Waals surface area contributed by atoms with Crippen molar-refractivity contribution >= 4 is 0 Å². The van der Waals surface area contributed by atoms with Crippen molar-refractivity contribution in [3.63, 3.8) is 0 Å². The van der Waals surface area contributed by atoms with Crippen molar-refractivity contribution in [1.82, 2.24) is 0 Å². The summed E-state index contributed by atoms with van der Waals surface area (Å²) in [4.78, 5) is 0. The van der Waals surface area contributed by atoms with Gasteiger partial charge in [-0.1, -0.05) is 36.4 Å². The zero-order chi connectivity index (χ0) is 23.4. The Morgan fingerprint density at radius 1 is 0.697 bits per heavy atom. The second-order valence-corrected chi connectivity index (χ2v) is 7.35. The minimum Gasteiger partial charge on any atom is -0.508 e. The van der Waals surface area contributed by atoms with Gasteiger partial charge in [0.1, 0.15) is 23.9 Å². The fourth-order valence-electron chi connectivity index (χ4n) is 3.44. The van der Waals surface area contributed by atoms with Crippen LogP contribution >= 0.6 is 0 Å². The third kappa shape index (κ3) is 4.95. The minimum absolute atomic E-state index is 0.0148. The fourth-order valence-corrected chi connectivity index (χ4v) is 3.44. The molecule has 4 aromatic carbocycles. The van der Waals surface area contributed by atoms with E-state index in [9.17, 15) is 18.3 Å². The molecule has 168 valence electrons. The maximum absolute atomic E-state index is 14.6. The second kappa shape index (κ2) is 9.69. The molecule has 0 aromatic heterocycles. The molecule has 0 unspecified atom stereocenters. The molecule has 6 heteroatoms. The predicted molar refractivity (Wildman–Crippen MR) is 121 cm³/mol. The van der Waals surface area contributed by atoms with Crippen LogP contribution in [0.5, 0.6) is 17.2 Å². The highest BCUT2D eigenvalue weighted by Crippen LogP contribution is 2.31. The lowest BCUT2D eigenvalue weighted by Gasteiger charge is -2.11. The molecule has 1 N–H and O–H groups in total. The van der Waals surface area contributed by atoms with Gasteiger partial charge in [0, 0.05) is 17.2 Å². The van der Waals surface area contributed by atoms with E-state index in [2.05, 4.69) is 0 Å². The number of hydrogen-bond donors (Lipinski definition) is 1. The number of aromatic hydroxyl groups is 1. The van der Waals surface area contributed by atoms with Crippen molar-refractivity contribution in [3.05, 3.63) is 102 Å².